The molecule has 0 aliphatic rings. The van der Waals surface area contributed by atoms with Crippen molar-refractivity contribution in [1.82, 2.24) is 5.32 Å². The molecular weight excluding hydrogens is 586 g/mol. The van der Waals surface area contributed by atoms with Crippen LogP contribution in [0.1, 0.15) is 27.0 Å². The molecule has 3 amide bonds. The van der Waals surface area contributed by atoms with E-state index in [1.165, 1.54) is 11.8 Å². The van der Waals surface area contributed by atoms with Crippen LogP contribution in [0.25, 0.3) is 6.08 Å². The maximum absolute atomic E-state index is 13.3. The SMILES string of the molecule is Cc1cc(C)cc(NC(=O)CSc2cccc(NC(=O)/C(=C\c3cccc(Br)c3)NC(=O)c3ccccc3)c2)c1. The van der Waals surface area contributed by atoms with E-state index in [2.05, 4.69) is 37.9 Å². The average molecular weight is 615 g/mol. The van der Waals surface area contributed by atoms with Gasteiger partial charge in [0.05, 0.1) is 5.75 Å². The number of aryl methyl sites for hydroxylation is 2. The minimum absolute atomic E-state index is 0.0952. The van der Waals surface area contributed by atoms with Gasteiger partial charge >= 0.3 is 0 Å². The standard InChI is InChI=1S/C32H28BrN3O3S/c1-21-14-22(2)16-27(15-21)34-30(37)20-40-28-13-7-12-26(19-28)35-32(39)29(18-23-8-6-11-25(33)17-23)36-31(38)24-9-4-3-5-10-24/h3-19H,20H2,1-2H3,(H,34,37)(H,35,39)(H,36,38)/b29-18+. The Hall–Kier alpha value is -4.14. The summed E-state index contributed by atoms with van der Waals surface area (Å²) in [4.78, 5) is 39.5. The van der Waals surface area contributed by atoms with E-state index in [0.717, 1.165) is 31.7 Å². The van der Waals surface area contributed by atoms with Gasteiger partial charge in [0, 0.05) is 26.3 Å². The molecule has 0 bridgehead atoms. The number of thioether (sulfide) groups is 1. The lowest BCUT2D eigenvalue weighted by Crippen LogP contribution is -2.30. The fraction of sp³-hybridized carbons (Fsp3) is 0.0938. The van der Waals surface area contributed by atoms with Crippen LogP contribution in [-0.2, 0) is 9.59 Å². The van der Waals surface area contributed by atoms with Gasteiger partial charge in [-0.05, 0) is 91.2 Å². The van der Waals surface area contributed by atoms with Gasteiger partial charge in [0.25, 0.3) is 11.8 Å². The van der Waals surface area contributed by atoms with Crippen molar-refractivity contribution in [3.8, 4) is 0 Å². The number of anilines is 2. The van der Waals surface area contributed by atoms with Crippen molar-refractivity contribution >= 4 is 62.9 Å². The van der Waals surface area contributed by atoms with Crippen molar-refractivity contribution in [2.75, 3.05) is 16.4 Å². The second-order valence-electron chi connectivity index (χ2n) is 9.13. The normalized spacial score (nSPS) is 11.0. The Labute approximate surface area is 246 Å². The van der Waals surface area contributed by atoms with Gasteiger partial charge in [0.1, 0.15) is 5.70 Å². The summed E-state index contributed by atoms with van der Waals surface area (Å²) in [5.41, 5.74) is 4.75. The van der Waals surface area contributed by atoms with Gasteiger partial charge in [0.2, 0.25) is 5.91 Å². The maximum Gasteiger partial charge on any atom is 0.272 e. The molecule has 8 heteroatoms. The summed E-state index contributed by atoms with van der Waals surface area (Å²) in [5, 5.41) is 8.54. The van der Waals surface area contributed by atoms with Crippen LogP contribution in [-0.4, -0.2) is 23.5 Å². The molecule has 0 radical (unpaired) electrons. The first kappa shape index (κ1) is 28.9. The van der Waals surface area contributed by atoms with Crippen LogP contribution in [0.3, 0.4) is 0 Å². The van der Waals surface area contributed by atoms with Crippen molar-refractivity contribution in [2.24, 2.45) is 0 Å². The van der Waals surface area contributed by atoms with Crippen LogP contribution < -0.4 is 16.0 Å². The van der Waals surface area contributed by atoms with Gasteiger partial charge in [-0.2, -0.15) is 0 Å². The van der Waals surface area contributed by atoms with Gasteiger partial charge in [-0.3, -0.25) is 14.4 Å². The third kappa shape index (κ3) is 8.69. The lowest BCUT2D eigenvalue weighted by atomic mass is 10.1. The van der Waals surface area contributed by atoms with Crippen molar-refractivity contribution < 1.29 is 14.4 Å². The average Bonchev–Trinajstić information content (AvgIpc) is 2.91. The van der Waals surface area contributed by atoms with Crippen LogP contribution in [0.2, 0.25) is 0 Å². The Morgan fingerprint density at radius 2 is 1.50 bits per heavy atom. The summed E-state index contributed by atoms with van der Waals surface area (Å²) in [5.74, 6) is -0.770. The Kier molecular flexibility index (Phi) is 9.94. The molecule has 0 heterocycles. The van der Waals surface area contributed by atoms with Gasteiger partial charge in [-0.15, -0.1) is 11.8 Å². The van der Waals surface area contributed by atoms with E-state index in [4.69, 9.17) is 0 Å². The van der Waals surface area contributed by atoms with Crippen molar-refractivity contribution in [3.05, 3.63) is 129 Å². The number of nitrogens with one attached hydrogen (secondary N) is 3. The molecule has 0 fully saturated rings. The molecule has 3 N–H and O–H groups in total. The highest BCUT2D eigenvalue weighted by Crippen LogP contribution is 2.23. The summed E-state index contributed by atoms with van der Waals surface area (Å²) >= 11 is 4.80. The number of amides is 3. The number of halogens is 1. The van der Waals surface area contributed by atoms with Crippen molar-refractivity contribution in [2.45, 2.75) is 18.7 Å². The number of hydrogen-bond acceptors (Lipinski definition) is 4. The first-order valence-electron chi connectivity index (χ1n) is 12.5. The fourth-order valence-corrected chi connectivity index (χ4v) is 5.13. The van der Waals surface area contributed by atoms with Crippen LogP contribution in [0, 0.1) is 13.8 Å². The Morgan fingerprint density at radius 1 is 0.775 bits per heavy atom. The fourth-order valence-electron chi connectivity index (χ4n) is 3.96. The lowest BCUT2D eigenvalue weighted by Gasteiger charge is -2.12. The predicted octanol–water partition coefficient (Wildman–Crippen LogP) is 7.21. The van der Waals surface area contributed by atoms with Crippen LogP contribution >= 0.6 is 27.7 Å². The zero-order valence-electron chi connectivity index (χ0n) is 22.0. The smallest absolute Gasteiger partial charge is 0.272 e. The van der Waals surface area contributed by atoms with Crippen LogP contribution in [0.4, 0.5) is 11.4 Å². The summed E-state index contributed by atoms with van der Waals surface area (Å²) < 4.78 is 0.849. The van der Waals surface area contributed by atoms with Crippen molar-refractivity contribution in [3.63, 3.8) is 0 Å². The monoisotopic (exact) mass is 613 g/mol. The molecule has 0 aliphatic carbocycles. The number of benzene rings is 4. The number of carbonyl (C=O) groups excluding carboxylic acids is 3. The molecule has 4 rings (SSSR count). The second kappa shape index (κ2) is 13.8. The molecule has 0 aliphatic heterocycles. The largest absolute Gasteiger partial charge is 0.325 e. The molecule has 4 aromatic rings. The molecule has 0 spiro atoms. The highest BCUT2D eigenvalue weighted by Gasteiger charge is 2.15. The van der Waals surface area contributed by atoms with Gasteiger partial charge in [0.15, 0.2) is 0 Å². The summed E-state index contributed by atoms with van der Waals surface area (Å²) in [7, 11) is 0. The Morgan fingerprint density at radius 3 is 2.23 bits per heavy atom. The molecule has 202 valence electrons. The molecule has 6 nitrogen and oxygen atoms in total. The zero-order valence-corrected chi connectivity index (χ0v) is 24.4. The predicted molar refractivity (Wildman–Crippen MR) is 166 cm³/mol. The summed E-state index contributed by atoms with van der Waals surface area (Å²) in [6, 6.07) is 29.3. The number of hydrogen-bond donors (Lipinski definition) is 3. The van der Waals surface area contributed by atoms with Gasteiger partial charge < -0.3 is 16.0 Å². The molecule has 0 aromatic heterocycles. The number of rotatable bonds is 9. The van der Waals surface area contributed by atoms with Gasteiger partial charge in [-0.25, -0.2) is 0 Å². The molecule has 0 saturated carbocycles. The quantitative estimate of drug-likeness (QED) is 0.137. The van der Waals surface area contributed by atoms with E-state index in [0.29, 0.717) is 11.3 Å². The van der Waals surface area contributed by atoms with Crippen LogP contribution in [0.5, 0.6) is 0 Å². The van der Waals surface area contributed by atoms with E-state index in [1.807, 2.05) is 62.4 Å². The van der Waals surface area contributed by atoms with E-state index in [9.17, 15) is 14.4 Å². The second-order valence-corrected chi connectivity index (χ2v) is 11.1. The van der Waals surface area contributed by atoms with Gasteiger partial charge in [-0.1, -0.05) is 58.4 Å². The summed E-state index contributed by atoms with van der Waals surface area (Å²) in [6.45, 7) is 3.98. The molecule has 0 atom stereocenters. The third-order valence-electron chi connectivity index (χ3n) is 5.66. The molecule has 0 saturated heterocycles. The minimum Gasteiger partial charge on any atom is -0.325 e. The lowest BCUT2D eigenvalue weighted by molar-refractivity contribution is -0.114. The maximum atomic E-state index is 13.3. The molecule has 40 heavy (non-hydrogen) atoms. The third-order valence-corrected chi connectivity index (χ3v) is 7.14. The Balaban J connectivity index is 1.45. The Bertz CT molecular complexity index is 1550. The van der Waals surface area contributed by atoms with Crippen molar-refractivity contribution in [1.29, 1.82) is 0 Å². The minimum atomic E-state index is -0.473. The van der Waals surface area contributed by atoms with E-state index in [-0.39, 0.29) is 17.4 Å². The number of carbonyl (C=O) groups is 3. The highest BCUT2D eigenvalue weighted by molar-refractivity contribution is 9.10. The first-order valence-corrected chi connectivity index (χ1v) is 14.3. The van der Waals surface area contributed by atoms with Crippen LogP contribution in [0.15, 0.2) is 112 Å². The summed E-state index contributed by atoms with van der Waals surface area (Å²) in [6.07, 6.45) is 1.62. The first-order chi connectivity index (χ1) is 19.2. The topological polar surface area (TPSA) is 87.3 Å². The molecular formula is C32H28BrN3O3S. The van der Waals surface area contributed by atoms with E-state index < -0.39 is 11.8 Å². The zero-order chi connectivity index (χ0) is 28.5. The molecule has 0 unspecified atom stereocenters. The highest BCUT2D eigenvalue weighted by atomic mass is 79.9. The molecule has 4 aromatic carbocycles. The van der Waals surface area contributed by atoms with E-state index >= 15 is 0 Å². The van der Waals surface area contributed by atoms with E-state index in [1.54, 1.807) is 48.5 Å².